The van der Waals surface area contributed by atoms with Gasteiger partial charge in [0.25, 0.3) is 0 Å². The van der Waals surface area contributed by atoms with E-state index >= 15 is 0 Å². The molecule has 29 heavy (non-hydrogen) atoms. The Kier molecular flexibility index (Phi) is 5.92. The van der Waals surface area contributed by atoms with E-state index in [0.29, 0.717) is 40.4 Å². The van der Waals surface area contributed by atoms with Crippen molar-refractivity contribution in [3.8, 4) is 28.4 Å². The fourth-order valence-corrected chi connectivity index (χ4v) is 2.80. The van der Waals surface area contributed by atoms with Crippen molar-refractivity contribution in [1.29, 1.82) is 0 Å². The van der Waals surface area contributed by atoms with E-state index in [1.54, 1.807) is 18.2 Å². The average molecular weight is 400 g/mol. The summed E-state index contributed by atoms with van der Waals surface area (Å²) >= 11 is 0. The average Bonchev–Trinajstić information content (AvgIpc) is 2.68. The van der Waals surface area contributed by atoms with Crippen molar-refractivity contribution in [3.05, 3.63) is 77.9 Å². The highest BCUT2D eigenvalue weighted by Crippen LogP contribution is 2.32. The van der Waals surface area contributed by atoms with Crippen molar-refractivity contribution in [3.63, 3.8) is 0 Å². The highest BCUT2D eigenvalue weighted by molar-refractivity contribution is 5.82. The fourth-order valence-electron chi connectivity index (χ4n) is 2.80. The zero-order valence-corrected chi connectivity index (χ0v) is 15.9. The van der Waals surface area contributed by atoms with Gasteiger partial charge in [-0.2, -0.15) is 0 Å². The van der Waals surface area contributed by atoms with Crippen molar-refractivity contribution in [2.24, 2.45) is 0 Å². The van der Waals surface area contributed by atoms with Crippen molar-refractivity contribution >= 4 is 6.29 Å². The molecule has 0 N–H and O–H groups in total. The van der Waals surface area contributed by atoms with Crippen LogP contribution in [0.2, 0.25) is 0 Å². The van der Waals surface area contributed by atoms with Gasteiger partial charge in [0.2, 0.25) is 0 Å². The van der Waals surface area contributed by atoms with Crippen LogP contribution in [0, 0.1) is 0 Å². The van der Waals surface area contributed by atoms with Gasteiger partial charge in [-0.3, -0.25) is 4.79 Å². The molecule has 0 amide bonds. The second-order valence-corrected chi connectivity index (χ2v) is 6.77. The van der Waals surface area contributed by atoms with E-state index in [4.69, 9.17) is 4.74 Å². The maximum absolute atomic E-state index is 12.3. The molecule has 0 aromatic heterocycles. The van der Waals surface area contributed by atoms with Gasteiger partial charge in [0.05, 0.1) is 5.56 Å². The normalized spacial score (nSPS) is 11.4. The number of hydrogen-bond donors (Lipinski definition) is 0. The lowest BCUT2D eigenvalue weighted by atomic mass is 10.0. The van der Waals surface area contributed by atoms with Crippen molar-refractivity contribution < 1.29 is 27.4 Å². The van der Waals surface area contributed by atoms with Crippen LogP contribution in [-0.2, 0) is 0 Å². The SMILES string of the molecule is CC(C)c1ccc(Oc2cc(-c3ccc(OC(F)(F)F)cc3)ccc2C=O)cc1. The summed E-state index contributed by atoms with van der Waals surface area (Å²) in [6.45, 7) is 4.18. The van der Waals surface area contributed by atoms with E-state index < -0.39 is 6.36 Å². The Balaban J connectivity index is 1.86. The molecular formula is C23H19F3O3. The minimum absolute atomic E-state index is 0.299. The first-order valence-corrected chi connectivity index (χ1v) is 8.98. The van der Waals surface area contributed by atoms with E-state index in [1.807, 2.05) is 24.3 Å². The van der Waals surface area contributed by atoms with Crippen LogP contribution in [0.25, 0.3) is 11.1 Å². The summed E-state index contributed by atoms with van der Waals surface area (Å²) in [5, 5.41) is 0. The molecular weight excluding hydrogens is 381 g/mol. The summed E-state index contributed by atoms with van der Waals surface area (Å²) in [5.74, 6) is 1.05. The Hall–Kier alpha value is -3.28. The van der Waals surface area contributed by atoms with Gasteiger partial charge in [-0.1, -0.05) is 44.2 Å². The molecule has 3 nitrogen and oxygen atoms in total. The van der Waals surface area contributed by atoms with E-state index in [0.717, 1.165) is 0 Å². The number of benzene rings is 3. The van der Waals surface area contributed by atoms with Crippen molar-refractivity contribution in [2.45, 2.75) is 26.1 Å². The topological polar surface area (TPSA) is 35.5 Å². The molecule has 3 rings (SSSR count). The van der Waals surface area contributed by atoms with Gasteiger partial charge >= 0.3 is 6.36 Å². The Labute approximate surface area is 166 Å². The molecule has 0 fully saturated rings. The number of hydrogen-bond acceptors (Lipinski definition) is 3. The minimum atomic E-state index is -4.74. The van der Waals surface area contributed by atoms with Gasteiger partial charge in [-0.25, -0.2) is 0 Å². The van der Waals surface area contributed by atoms with Crippen LogP contribution in [0.3, 0.4) is 0 Å². The molecule has 0 aliphatic carbocycles. The lowest BCUT2D eigenvalue weighted by Gasteiger charge is -2.12. The Bertz CT molecular complexity index is 976. The zero-order valence-electron chi connectivity index (χ0n) is 15.9. The maximum atomic E-state index is 12.3. The van der Waals surface area contributed by atoms with Gasteiger partial charge in [0.15, 0.2) is 6.29 Å². The molecule has 0 atom stereocenters. The number of rotatable bonds is 6. The van der Waals surface area contributed by atoms with E-state index in [9.17, 15) is 18.0 Å². The van der Waals surface area contributed by atoms with Crippen LogP contribution in [0.5, 0.6) is 17.2 Å². The highest BCUT2D eigenvalue weighted by atomic mass is 19.4. The first kappa shape index (κ1) is 20.5. The lowest BCUT2D eigenvalue weighted by molar-refractivity contribution is -0.274. The van der Waals surface area contributed by atoms with Crippen LogP contribution in [0.15, 0.2) is 66.7 Å². The summed E-state index contributed by atoms with van der Waals surface area (Å²) in [5.41, 5.74) is 2.90. The summed E-state index contributed by atoms with van der Waals surface area (Å²) in [6.07, 6.45) is -4.04. The van der Waals surface area contributed by atoms with Crippen LogP contribution < -0.4 is 9.47 Å². The molecule has 3 aromatic rings. The second kappa shape index (κ2) is 8.39. The summed E-state index contributed by atoms with van der Waals surface area (Å²) < 4.78 is 46.7. The summed E-state index contributed by atoms with van der Waals surface area (Å²) in [7, 11) is 0. The second-order valence-electron chi connectivity index (χ2n) is 6.77. The first-order valence-electron chi connectivity index (χ1n) is 8.98. The predicted molar refractivity (Wildman–Crippen MR) is 105 cm³/mol. The Morgan fingerprint density at radius 3 is 1.97 bits per heavy atom. The Morgan fingerprint density at radius 2 is 1.41 bits per heavy atom. The molecule has 0 heterocycles. The molecule has 0 saturated carbocycles. The molecule has 0 saturated heterocycles. The van der Waals surface area contributed by atoms with Gasteiger partial charge < -0.3 is 9.47 Å². The van der Waals surface area contributed by atoms with Gasteiger partial charge in [0, 0.05) is 0 Å². The summed E-state index contributed by atoms with van der Waals surface area (Å²) in [6, 6.07) is 18.1. The molecule has 0 spiro atoms. The third kappa shape index (κ3) is 5.38. The first-order chi connectivity index (χ1) is 13.7. The van der Waals surface area contributed by atoms with E-state index in [-0.39, 0.29) is 5.75 Å². The molecule has 0 aliphatic heterocycles. The highest BCUT2D eigenvalue weighted by Gasteiger charge is 2.30. The van der Waals surface area contributed by atoms with E-state index in [1.165, 1.54) is 29.8 Å². The van der Waals surface area contributed by atoms with Crippen LogP contribution in [0.4, 0.5) is 13.2 Å². The molecule has 150 valence electrons. The number of alkyl halides is 3. The number of carbonyl (C=O) groups is 1. The molecule has 0 bridgehead atoms. The number of halogens is 3. The molecule has 0 radical (unpaired) electrons. The predicted octanol–water partition coefficient (Wildman–Crippen LogP) is 6.98. The van der Waals surface area contributed by atoms with E-state index in [2.05, 4.69) is 18.6 Å². The number of aldehydes is 1. The zero-order chi connectivity index (χ0) is 21.0. The van der Waals surface area contributed by atoms with Crippen LogP contribution in [0.1, 0.15) is 35.7 Å². The standard InChI is InChI=1S/C23H19F3O3/c1-15(2)16-5-9-20(10-6-16)28-22-13-18(3-4-19(22)14-27)17-7-11-21(12-8-17)29-23(24,25)26/h3-15H,1-2H3. The fraction of sp³-hybridized carbons (Fsp3) is 0.174. The van der Waals surface area contributed by atoms with Crippen molar-refractivity contribution in [1.82, 2.24) is 0 Å². The molecule has 0 aliphatic rings. The number of carbonyl (C=O) groups excluding carboxylic acids is 1. The summed E-state index contributed by atoms with van der Waals surface area (Å²) in [4.78, 5) is 11.4. The van der Waals surface area contributed by atoms with Gasteiger partial charge in [-0.15, -0.1) is 13.2 Å². The molecule has 3 aromatic carbocycles. The molecule has 0 unspecified atom stereocenters. The maximum Gasteiger partial charge on any atom is 0.573 e. The largest absolute Gasteiger partial charge is 0.573 e. The van der Waals surface area contributed by atoms with Crippen LogP contribution in [-0.4, -0.2) is 12.6 Å². The van der Waals surface area contributed by atoms with Gasteiger partial charge in [0.1, 0.15) is 17.2 Å². The third-order valence-corrected chi connectivity index (χ3v) is 4.34. The minimum Gasteiger partial charge on any atom is -0.457 e. The smallest absolute Gasteiger partial charge is 0.457 e. The van der Waals surface area contributed by atoms with Gasteiger partial charge in [-0.05, 0) is 59.0 Å². The van der Waals surface area contributed by atoms with Crippen LogP contribution >= 0.6 is 0 Å². The third-order valence-electron chi connectivity index (χ3n) is 4.34. The number of ether oxygens (including phenoxy) is 2. The Morgan fingerprint density at radius 1 is 0.828 bits per heavy atom. The molecule has 6 heteroatoms. The monoisotopic (exact) mass is 400 g/mol. The lowest BCUT2D eigenvalue weighted by Crippen LogP contribution is -2.16. The quantitative estimate of drug-likeness (QED) is 0.419. The van der Waals surface area contributed by atoms with Crippen molar-refractivity contribution in [2.75, 3.05) is 0 Å².